The van der Waals surface area contributed by atoms with Crippen molar-refractivity contribution < 1.29 is 9.13 Å². The molecule has 0 aliphatic heterocycles. The third-order valence-corrected chi connectivity index (χ3v) is 4.05. The van der Waals surface area contributed by atoms with E-state index in [4.69, 9.17) is 4.74 Å². The van der Waals surface area contributed by atoms with Gasteiger partial charge in [0.1, 0.15) is 0 Å². The Balaban J connectivity index is 2.20. The van der Waals surface area contributed by atoms with Gasteiger partial charge in [0.15, 0.2) is 11.6 Å². The van der Waals surface area contributed by atoms with Crippen LogP contribution in [0.4, 0.5) is 4.39 Å². The van der Waals surface area contributed by atoms with Gasteiger partial charge in [0, 0.05) is 6.04 Å². The zero-order chi connectivity index (χ0) is 14.5. The summed E-state index contributed by atoms with van der Waals surface area (Å²) in [5.41, 5.74) is 1.84. The van der Waals surface area contributed by atoms with E-state index in [2.05, 4.69) is 14.9 Å². The molecule has 2 aromatic rings. The van der Waals surface area contributed by atoms with Crippen molar-refractivity contribution in [3.8, 4) is 5.75 Å². The number of rotatable bonds is 6. The Morgan fingerprint density at radius 2 is 2.25 bits per heavy atom. The van der Waals surface area contributed by atoms with Crippen LogP contribution in [0.1, 0.15) is 29.1 Å². The lowest BCUT2D eigenvalue weighted by atomic mass is 10.0. The summed E-state index contributed by atoms with van der Waals surface area (Å²) < 4.78 is 22.6. The maximum atomic E-state index is 13.7. The average molecular weight is 295 g/mol. The molecule has 108 valence electrons. The number of methoxy groups -OCH3 is 1. The molecule has 0 aliphatic rings. The van der Waals surface area contributed by atoms with Crippen molar-refractivity contribution in [3.63, 3.8) is 0 Å². The molecule has 4 nitrogen and oxygen atoms in total. The van der Waals surface area contributed by atoms with E-state index in [-0.39, 0.29) is 17.6 Å². The van der Waals surface area contributed by atoms with Crippen LogP contribution in [0.25, 0.3) is 0 Å². The molecule has 0 fully saturated rings. The summed E-state index contributed by atoms with van der Waals surface area (Å²) in [7, 11) is 1.46. The lowest BCUT2D eigenvalue weighted by Gasteiger charge is -2.17. The van der Waals surface area contributed by atoms with E-state index >= 15 is 0 Å². The molecule has 0 radical (unpaired) electrons. The number of aryl methyl sites for hydroxylation is 1. The molecule has 1 unspecified atom stereocenters. The highest BCUT2D eigenvalue weighted by molar-refractivity contribution is 7.05. The Labute approximate surface area is 122 Å². The summed E-state index contributed by atoms with van der Waals surface area (Å²) >= 11 is 1.39. The van der Waals surface area contributed by atoms with Gasteiger partial charge in [-0.3, -0.25) is 0 Å². The number of nitrogens with zero attached hydrogens (tertiary/aromatic N) is 2. The smallest absolute Gasteiger partial charge is 0.165 e. The van der Waals surface area contributed by atoms with Gasteiger partial charge in [0.25, 0.3) is 0 Å². The summed E-state index contributed by atoms with van der Waals surface area (Å²) in [6.07, 6.45) is 0.694. The second-order valence-electron chi connectivity index (χ2n) is 4.51. The normalized spacial score (nSPS) is 12.4. The lowest BCUT2D eigenvalue weighted by Crippen LogP contribution is -2.22. The van der Waals surface area contributed by atoms with Crippen LogP contribution in [0.5, 0.6) is 5.75 Å². The molecular formula is C14H18FN3OS. The molecule has 2 rings (SSSR count). The van der Waals surface area contributed by atoms with E-state index in [0.29, 0.717) is 6.42 Å². The van der Waals surface area contributed by atoms with Crippen molar-refractivity contribution in [1.29, 1.82) is 0 Å². The number of nitrogens with one attached hydrogen (secondary N) is 1. The fraction of sp³-hybridized carbons (Fsp3) is 0.429. The van der Waals surface area contributed by atoms with Gasteiger partial charge in [-0.25, -0.2) is 4.39 Å². The predicted octanol–water partition coefficient (Wildman–Crippen LogP) is 2.89. The second kappa shape index (κ2) is 6.76. The van der Waals surface area contributed by atoms with E-state index in [0.717, 1.165) is 22.7 Å². The van der Waals surface area contributed by atoms with Crippen molar-refractivity contribution in [2.24, 2.45) is 0 Å². The molecule has 1 heterocycles. The Bertz CT molecular complexity index is 573. The molecule has 1 N–H and O–H groups in total. The summed E-state index contributed by atoms with van der Waals surface area (Å²) in [6.45, 7) is 4.82. The Hall–Kier alpha value is -1.53. The van der Waals surface area contributed by atoms with Crippen LogP contribution in [-0.4, -0.2) is 23.2 Å². The van der Waals surface area contributed by atoms with Crippen LogP contribution in [0.15, 0.2) is 18.2 Å². The molecule has 1 aromatic carbocycles. The lowest BCUT2D eigenvalue weighted by molar-refractivity contribution is 0.386. The molecule has 0 saturated carbocycles. The molecule has 0 aliphatic carbocycles. The second-order valence-corrected chi connectivity index (χ2v) is 5.29. The number of aromatic nitrogens is 2. The largest absolute Gasteiger partial charge is 0.494 e. The molecule has 6 heteroatoms. The fourth-order valence-electron chi connectivity index (χ4n) is 2.13. The maximum Gasteiger partial charge on any atom is 0.165 e. The highest BCUT2D eigenvalue weighted by Crippen LogP contribution is 2.25. The topological polar surface area (TPSA) is 47.0 Å². The number of ether oxygens (including phenoxy) is 1. The van der Waals surface area contributed by atoms with E-state index in [9.17, 15) is 4.39 Å². The summed E-state index contributed by atoms with van der Waals surface area (Å²) in [4.78, 5) is 1.10. The van der Waals surface area contributed by atoms with Crippen molar-refractivity contribution in [1.82, 2.24) is 14.9 Å². The van der Waals surface area contributed by atoms with Crippen molar-refractivity contribution in [2.75, 3.05) is 13.7 Å². The van der Waals surface area contributed by atoms with Gasteiger partial charge in [0.2, 0.25) is 0 Å². The molecule has 0 amide bonds. The quantitative estimate of drug-likeness (QED) is 0.890. The van der Waals surface area contributed by atoms with Gasteiger partial charge in [-0.05, 0) is 49.1 Å². The van der Waals surface area contributed by atoms with E-state index in [1.54, 1.807) is 6.07 Å². The van der Waals surface area contributed by atoms with Gasteiger partial charge in [-0.15, -0.1) is 5.10 Å². The predicted molar refractivity (Wildman–Crippen MR) is 77.7 cm³/mol. The monoisotopic (exact) mass is 295 g/mol. The first kappa shape index (κ1) is 14.9. The third kappa shape index (κ3) is 3.32. The Kier molecular flexibility index (Phi) is 5.03. The molecule has 0 bridgehead atoms. The highest BCUT2D eigenvalue weighted by Gasteiger charge is 2.17. The molecule has 0 spiro atoms. The summed E-state index contributed by atoms with van der Waals surface area (Å²) in [5.74, 6) is -0.0659. The molecule has 1 aromatic heterocycles. The zero-order valence-electron chi connectivity index (χ0n) is 11.8. The summed E-state index contributed by atoms with van der Waals surface area (Å²) in [6, 6.07) is 5.17. The number of halogens is 1. The SMILES string of the molecule is CCNC(Cc1ccc(OC)c(F)c1)c1snnc1C. The van der Waals surface area contributed by atoms with E-state index < -0.39 is 0 Å². The fourth-order valence-corrected chi connectivity index (χ4v) is 2.85. The zero-order valence-corrected chi connectivity index (χ0v) is 12.6. The number of benzene rings is 1. The molecule has 1 atom stereocenters. The van der Waals surface area contributed by atoms with Gasteiger partial charge >= 0.3 is 0 Å². The molecule has 20 heavy (non-hydrogen) atoms. The highest BCUT2D eigenvalue weighted by atomic mass is 32.1. The van der Waals surface area contributed by atoms with Crippen LogP contribution in [0.2, 0.25) is 0 Å². The van der Waals surface area contributed by atoms with Gasteiger partial charge in [-0.2, -0.15) is 0 Å². The van der Waals surface area contributed by atoms with Crippen LogP contribution < -0.4 is 10.1 Å². The average Bonchev–Trinajstić information content (AvgIpc) is 2.85. The van der Waals surface area contributed by atoms with Gasteiger partial charge in [0.05, 0.1) is 17.7 Å². The molecule has 0 saturated heterocycles. The van der Waals surface area contributed by atoms with Crippen LogP contribution in [-0.2, 0) is 6.42 Å². The number of hydrogen-bond acceptors (Lipinski definition) is 5. The first-order chi connectivity index (χ1) is 9.65. The standard InChI is InChI=1S/C14H18FN3OS/c1-4-16-12(14-9(2)17-18-20-14)8-10-5-6-13(19-3)11(15)7-10/h5-7,12,16H,4,8H2,1-3H3. The van der Waals surface area contributed by atoms with Crippen LogP contribution in [0.3, 0.4) is 0 Å². The van der Waals surface area contributed by atoms with Gasteiger partial charge < -0.3 is 10.1 Å². The first-order valence-electron chi connectivity index (χ1n) is 6.50. The Morgan fingerprint density at radius 3 is 2.80 bits per heavy atom. The molecular weight excluding hydrogens is 277 g/mol. The minimum atomic E-state index is -0.334. The summed E-state index contributed by atoms with van der Waals surface area (Å²) in [5, 5.41) is 7.44. The first-order valence-corrected chi connectivity index (χ1v) is 7.27. The maximum absolute atomic E-state index is 13.7. The number of hydrogen-bond donors (Lipinski definition) is 1. The third-order valence-electron chi connectivity index (χ3n) is 3.11. The van der Waals surface area contributed by atoms with Crippen molar-refractivity contribution in [2.45, 2.75) is 26.3 Å². The Morgan fingerprint density at radius 1 is 1.45 bits per heavy atom. The number of likely N-dealkylation sites (N-methyl/N-ethyl adjacent to an activating group) is 1. The minimum absolute atomic E-state index is 0.104. The van der Waals surface area contributed by atoms with Crippen LogP contribution >= 0.6 is 11.5 Å². The van der Waals surface area contributed by atoms with Crippen molar-refractivity contribution in [3.05, 3.63) is 40.2 Å². The van der Waals surface area contributed by atoms with Crippen molar-refractivity contribution >= 4 is 11.5 Å². The van der Waals surface area contributed by atoms with E-state index in [1.165, 1.54) is 24.7 Å². The van der Waals surface area contributed by atoms with E-state index in [1.807, 2.05) is 19.9 Å². The minimum Gasteiger partial charge on any atom is -0.494 e. The van der Waals surface area contributed by atoms with Gasteiger partial charge in [-0.1, -0.05) is 17.5 Å². The van der Waals surface area contributed by atoms with Crippen LogP contribution in [0, 0.1) is 12.7 Å².